The van der Waals surface area contributed by atoms with Crippen LogP contribution in [0.25, 0.3) is 11.0 Å². The fourth-order valence-electron chi connectivity index (χ4n) is 3.40. The highest BCUT2D eigenvalue weighted by molar-refractivity contribution is 5.81. The molecule has 0 aliphatic carbocycles. The van der Waals surface area contributed by atoms with Gasteiger partial charge in [-0.25, -0.2) is 4.98 Å². The van der Waals surface area contributed by atoms with E-state index in [1.54, 1.807) is 0 Å². The summed E-state index contributed by atoms with van der Waals surface area (Å²) in [7, 11) is 0. The average molecular weight is 355 g/mol. The molecule has 1 amide bonds. The largest absolute Gasteiger partial charge is 0.344 e. The van der Waals surface area contributed by atoms with Crippen LogP contribution in [0.3, 0.4) is 0 Å². The van der Waals surface area contributed by atoms with Crippen molar-refractivity contribution in [2.75, 3.05) is 0 Å². The first kappa shape index (κ1) is 17.0. The average Bonchev–Trinajstić information content (AvgIpc) is 3.03. The van der Waals surface area contributed by atoms with Crippen LogP contribution in [0.4, 0.5) is 0 Å². The number of benzene rings is 3. The minimum absolute atomic E-state index is 0.0426. The molecule has 4 nitrogen and oxygen atoms in total. The smallest absolute Gasteiger partial charge is 0.240 e. The van der Waals surface area contributed by atoms with Crippen LogP contribution in [-0.2, 0) is 11.3 Å². The Bertz CT molecular complexity index is 1020. The van der Waals surface area contributed by atoms with Crippen LogP contribution in [0.1, 0.15) is 23.0 Å². The number of aryl methyl sites for hydroxylation is 1. The van der Waals surface area contributed by atoms with Crippen molar-refractivity contribution in [1.82, 2.24) is 14.9 Å². The summed E-state index contributed by atoms with van der Waals surface area (Å²) in [5.41, 5.74) is 4.00. The lowest BCUT2D eigenvalue weighted by Gasteiger charge is -2.20. The molecular weight excluding hydrogens is 334 g/mol. The number of hydrogen-bond acceptors (Lipinski definition) is 2. The molecule has 4 heteroatoms. The minimum atomic E-state index is -0.185. The van der Waals surface area contributed by atoms with Gasteiger partial charge in [-0.3, -0.25) is 4.79 Å². The summed E-state index contributed by atoms with van der Waals surface area (Å²) < 4.78 is 1.96. The fraction of sp³-hybridized carbons (Fsp3) is 0.130. The zero-order valence-electron chi connectivity index (χ0n) is 15.2. The van der Waals surface area contributed by atoms with Gasteiger partial charge >= 0.3 is 0 Å². The van der Waals surface area contributed by atoms with Crippen molar-refractivity contribution >= 4 is 16.9 Å². The molecule has 0 unspecified atom stereocenters. The molecule has 3 aromatic carbocycles. The zero-order valence-corrected chi connectivity index (χ0v) is 15.2. The topological polar surface area (TPSA) is 46.9 Å². The van der Waals surface area contributed by atoms with E-state index in [4.69, 9.17) is 0 Å². The standard InChI is InChI=1S/C23H21N3O/c1-17-24-20-14-8-9-15-21(20)26(17)16-22(27)25-23(18-10-4-2-5-11-18)19-12-6-3-7-13-19/h2-15,23H,16H2,1H3,(H,25,27). The van der Waals surface area contributed by atoms with Gasteiger partial charge in [0.1, 0.15) is 12.4 Å². The van der Waals surface area contributed by atoms with Crippen molar-refractivity contribution in [2.24, 2.45) is 0 Å². The van der Waals surface area contributed by atoms with Gasteiger partial charge < -0.3 is 9.88 Å². The Hall–Kier alpha value is -3.40. The van der Waals surface area contributed by atoms with Crippen molar-refractivity contribution in [3.05, 3.63) is 102 Å². The number of nitrogens with one attached hydrogen (secondary N) is 1. The van der Waals surface area contributed by atoms with Crippen LogP contribution < -0.4 is 5.32 Å². The Morgan fingerprint density at radius 2 is 1.44 bits per heavy atom. The van der Waals surface area contributed by atoms with Crippen LogP contribution in [0.2, 0.25) is 0 Å². The number of hydrogen-bond donors (Lipinski definition) is 1. The maximum Gasteiger partial charge on any atom is 0.240 e. The van der Waals surface area contributed by atoms with Gasteiger partial charge in [-0.15, -0.1) is 0 Å². The molecular formula is C23H21N3O. The number of para-hydroxylation sites is 2. The van der Waals surface area contributed by atoms with Crippen LogP contribution >= 0.6 is 0 Å². The summed E-state index contributed by atoms with van der Waals surface area (Å²) in [5.74, 6) is 0.793. The lowest BCUT2D eigenvalue weighted by molar-refractivity contribution is -0.122. The quantitative estimate of drug-likeness (QED) is 0.582. The van der Waals surface area contributed by atoms with E-state index < -0.39 is 0 Å². The van der Waals surface area contributed by atoms with Crippen LogP contribution in [0, 0.1) is 6.92 Å². The molecule has 1 N–H and O–H groups in total. The molecule has 1 aromatic heterocycles. The van der Waals surface area contributed by atoms with Gasteiger partial charge in [0.2, 0.25) is 5.91 Å². The van der Waals surface area contributed by atoms with E-state index in [1.165, 1.54) is 0 Å². The number of nitrogens with zero attached hydrogens (tertiary/aromatic N) is 2. The summed E-state index contributed by atoms with van der Waals surface area (Å²) >= 11 is 0. The number of fused-ring (bicyclic) bond motifs is 1. The third kappa shape index (κ3) is 3.60. The fourth-order valence-corrected chi connectivity index (χ4v) is 3.40. The molecule has 0 atom stereocenters. The molecule has 4 aromatic rings. The Morgan fingerprint density at radius 3 is 2.07 bits per heavy atom. The molecule has 4 rings (SSSR count). The Balaban J connectivity index is 1.61. The number of amides is 1. The summed E-state index contributed by atoms with van der Waals surface area (Å²) in [5, 5.41) is 3.19. The molecule has 0 fully saturated rings. The number of imidazole rings is 1. The highest BCUT2D eigenvalue weighted by Crippen LogP contribution is 2.22. The molecule has 27 heavy (non-hydrogen) atoms. The van der Waals surface area contributed by atoms with Crippen molar-refractivity contribution in [3.8, 4) is 0 Å². The summed E-state index contributed by atoms with van der Waals surface area (Å²) in [6.07, 6.45) is 0. The van der Waals surface area contributed by atoms with E-state index in [1.807, 2.05) is 96.4 Å². The molecule has 0 aliphatic rings. The number of carbonyl (C=O) groups excluding carboxylic acids is 1. The predicted octanol–water partition coefficient (Wildman–Crippen LogP) is 4.25. The molecule has 0 bridgehead atoms. The second-order valence-electron chi connectivity index (χ2n) is 6.56. The molecule has 0 aliphatic heterocycles. The number of rotatable bonds is 5. The third-order valence-electron chi connectivity index (χ3n) is 4.72. The van der Waals surface area contributed by atoms with E-state index in [9.17, 15) is 4.79 Å². The van der Waals surface area contributed by atoms with Crippen molar-refractivity contribution in [3.63, 3.8) is 0 Å². The predicted molar refractivity (Wildman–Crippen MR) is 107 cm³/mol. The Labute approximate surface area is 158 Å². The number of carbonyl (C=O) groups is 1. The second kappa shape index (κ2) is 7.46. The normalized spacial score (nSPS) is 11.0. The van der Waals surface area contributed by atoms with E-state index in [2.05, 4.69) is 10.3 Å². The van der Waals surface area contributed by atoms with Crippen LogP contribution in [-0.4, -0.2) is 15.5 Å². The van der Waals surface area contributed by atoms with E-state index in [-0.39, 0.29) is 18.5 Å². The number of aromatic nitrogens is 2. The van der Waals surface area contributed by atoms with E-state index >= 15 is 0 Å². The van der Waals surface area contributed by atoms with Gasteiger partial charge in [0.05, 0.1) is 17.1 Å². The SMILES string of the molecule is Cc1nc2ccccc2n1CC(=O)NC(c1ccccc1)c1ccccc1. The molecule has 0 saturated carbocycles. The molecule has 1 heterocycles. The summed E-state index contributed by atoms with van der Waals surface area (Å²) in [6.45, 7) is 2.17. The molecule has 0 radical (unpaired) electrons. The maximum absolute atomic E-state index is 12.9. The lowest BCUT2D eigenvalue weighted by Crippen LogP contribution is -2.32. The van der Waals surface area contributed by atoms with Gasteiger partial charge in [0, 0.05) is 0 Å². The van der Waals surface area contributed by atoms with Crippen LogP contribution in [0.15, 0.2) is 84.9 Å². The Morgan fingerprint density at radius 1 is 0.889 bits per heavy atom. The van der Waals surface area contributed by atoms with Gasteiger partial charge in [0.25, 0.3) is 0 Å². The summed E-state index contributed by atoms with van der Waals surface area (Å²) in [6, 6.07) is 27.8. The highest BCUT2D eigenvalue weighted by Gasteiger charge is 2.18. The Kier molecular flexibility index (Phi) is 4.71. The highest BCUT2D eigenvalue weighted by atomic mass is 16.2. The van der Waals surface area contributed by atoms with E-state index in [0.29, 0.717) is 0 Å². The third-order valence-corrected chi connectivity index (χ3v) is 4.72. The van der Waals surface area contributed by atoms with Gasteiger partial charge in [-0.05, 0) is 30.2 Å². The van der Waals surface area contributed by atoms with E-state index in [0.717, 1.165) is 28.0 Å². The van der Waals surface area contributed by atoms with Crippen LogP contribution in [0.5, 0.6) is 0 Å². The lowest BCUT2D eigenvalue weighted by atomic mass is 9.99. The molecule has 0 saturated heterocycles. The molecule has 134 valence electrons. The maximum atomic E-state index is 12.9. The van der Waals surface area contributed by atoms with Crippen molar-refractivity contribution < 1.29 is 4.79 Å². The first-order valence-electron chi connectivity index (χ1n) is 9.03. The summed E-state index contributed by atoms with van der Waals surface area (Å²) in [4.78, 5) is 17.4. The first-order chi connectivity index (χ1) is 13.2. The monoisotopic (exact) mass is 355 g/mol. The van der Waals surface area contributed by atoms with Gasteiger partial charge in [-0.2, -0.15) is 0 Å². The van der Waals surface area contributed by atoms with Crippen molar-refractivity contribution in [2.45, 2.75) is 19.5 Å². The zero-order chi connectivity index (χ0) is 18.6. The van der Waals surface area contributed by atoms with Gasteiger partial charge in [-0.1, -0.05) is 72.8 Å². The van der Waals surface area contributed by atoms with Crippen molar-refractivity contribution in [1.29, 1.82) is 0 Å². The minimum Gasteiger partial charge on any atom is -0.344 e. The second-order valence-corrected chi connectivity index (χ2v) is 6.56. The first-order valence-corrected chi connectivity index (χ1v) is 9.03. The van der Waals surface area contributed by atoms with Gasteiger partial charge in [0.15, 0.2) is 0 Å². The molecule has 0 spiro atoms.